The summed E-state index contributed by atoms with van der Waals surface area (Å²) in [6.07, 6.45) is 26.3. The van der Waals surface area contributed by atoms with E-state index in [1.165, 1.54) is 32.1 Å². The Labute approximate surface area is 137 Å². The molecule has 0 fully saturated rings. The number of rotatable bonds is 15. The molecule has 0 atom stereocenters. The van der Waals surface area contributed by atoms with Gasteiger partial charge in [-0.2, -0.15) is 0 Å². The van der Waals surface area contributed by atoms with Gasteiger partial charge in [0.2, 0.25) is 0 Å². The molecular weight excluding hydrogens is 272 g/mol. The average Bonchev–Trinajstić information content (AvgIpc) is 2.50. The monoisotopic (exact) mass is 306 g/mol. The number of aliphatic carboxylic acids is 1. The molecular formula is C20H34O2. The van der Waals surface area contributed by atoms with Crippen molar-refractivity contribution in [2.45, 2.75) is 84.0 Å². The summed E-state index contributed by atoms with van der Waals surface area (Å²) >= 11 is 0. The molecule has 0 saturated heterocycles. The molecule has 0 radical (unpaired) electrons. The van der Waals surface area contributed by atoms with Gasteiger partial charge in [0.15, 0.2) is 0 Å². The highest BCUT2D eigenvalue weighted by atomic mass is 16.4. The molecule has 0 unspecified atom stereocenters. The van der Waals surface area contributed by atoms with Gasteiger partial charge >= 0.3 is 5.97 Å². The van der Waals surface area contributed by atoms with E-state index in [2.05, 4.69) is 43.4 Å². The highest BCUT2D eigenvalue weighted by molar-refractivity contribution is 5.66. The van der Waals surface area contributed by atoms with Crippen molar-refractivity contribution in [1.29, 1.82) is 0 Å². The predicted octanol–water partition coefficient (Wildman–Crippen LogP) is 6.44. The Morgan fingerprint density at radius 2 is 1.23 bits per heavy atom. The molecule has 0 aromatic rings. The fraction of sp³-hybridized carbons (Fsp3) is 0.650. The largest absolute Gasteiger partial charge is 0.481 e. The van der Waals surface area contributed by atoms with Crippen LogP contribution in [0.4, 0.5) is 0 Å². The molecule has 0 saturated carbocycles. The van der Waals surface area contributed by atoms with Crippen molar-refractivity contribution in [2.75, 3.05) is 0 Å². The molecule has 0 aliphatic rings. The minimum Gasteiger partial charge on any atom is -0.481 e. The first-order valence-corrected chi connectivity index (χ1v) is 8.94. The minimum atomic E-state index is -0.688. The molecule has 1 N–H and O–H groups in total. The van der Waals surface area contributed by atoms with E-state index in [1.54, 1.807) is 0 Å². The normalized spacial score (nSPS) is 12.0. The van der Waals surface area contributed by atoms with Crippen LogP contribution in [0.25, 0.3) is 0 Å². The molecule has 2 heteroatoms. The summed E-state index contributed by atoms with van der Waals surface area (Å²) in [6, 6.07) is 0. The summed E-state index contributed by atoms with van der Waals surface area (Å²) in [5.41, 5.74) is 0. The highest BCUT2D eigenvalue weighted by Crippen LogP contribution is 2.04. The van der Waals surface area contributed by atoms with Gasteiger partial charge in [-0.25, -0.2) is 0 Å². The smallest absolute Gasteiger partial charge is 0.303 e. The first kappa shape index (κ1) is 20.7. The lowest BCUT2D eigenvalue weighted by atomic mass is 10.1. The Balaban J connectivity index is 3.27. The molecule has 22 heavy (non-hydrogen) atoms. The number of carboxylic acid groups (broad SMARTS) is 1. The maximum atomic E-state index is 10.3. The van der Waals surface area contributed by atoms with Crippen molar-refractivity contribution < 1.29 is 9.90 Å². The number of carbonyl (C=O) groups is 1. The van der Waals surface area contributed by atoms with Crippen LogP contribution < -0.4 is 0 Å². The van der Waals surface area contributed by atoms with Gasteiger partial charge in [-0.15, -0.1) is 0 Å². The van der Waals surface area contributed by atoms with Crippen molar-refractivity contribution in [3.8, 4) is 0 Å². The van der Waals surface area contributed by atoms with Gasteiger partial charge in [0, 0.05) is 6.42 Å². The maximum absolute atomic E-state index is 10.3. The van der Waals surface area contributed by atoms with E-state index in [0.717, 1.165) is 38.5 Å². The third-order valence-corrected chi connectivity index (χ3v) is 3.50. The van der Waals surface area contributed by atoms with Gasteiger partial charge in [-0.1, -0.05) is 56.2 Å². The average molecular weight is 306 g/mol. The SMILES string of the molecule is CCCCC/C=C/C/C=C/CCC/C=C/CCCCC(=O)O. The van der Waals surface area contributed by atoms with E-state index < -0.39 is 5.97 Å². The second-order valence-electron chi connectivity index (χ2n) is 5.72. The van der Waals surface area contributed by atoms with E-state index in [4.69, 9.17) is 5.11 Å². The zero-order valence-electron chi connectivity index (χ0n) is 14.3. The number of hydrogen-bond donors (Lipinski definition) is 1. The highest BCUT2D eigenvalue weighted by Gasteiger charge is 1.94. The third-order valence-electron chi connectivity index (χ3n) is 3.50. The van der Waals surface area contributed by atoms with Gasteiger partial charge < -0.3 is 5.11 Å². The Morgan fingerprint density at radius 3 is 1.77 bits per heavy atom. The molecule has 0 spiro atoms. The fourth-order valence-corrected chi connectivity index (χ4v) is 2.15. The summed E-state index contributed by atoms with van der Waals surface area (Å²) in [4.78, 5) is 10.3. The van der Waals surface area contributed by atoms with Crippen LogP contribution in [0.5, 0.6) is 0 Å². The van der Waals surface area contributed by atoms with Crippen LogP contribution in [0.2, 0.25) is 0 Å². The standard InChI is InChI=1S/C20H34O2/c1-2-3-4-5-6-7-8-9-10-11-12-13-14-15-16-17-18-19-20(21)22/h6-7,9-10,14-15H,2-5,8,11-13,16-19H2,1H3,(H,21,22)/b7-6+,10-9+,15-14+. The van der Waals surface area contributed by atoms with E-state index in [1.807, 2.05) is 0 Å². The molecule has 0 bridgehead atoms. The van der Waals surface area contributed by atoms with Crippen LogP contribution in [0, 0.1) is 0 Å². The first-order valence-electron chi connectivity index (χ1n) is 8.94. The van der Waals surface area contributed by atoms with Crippen LogP contribution in [0.1, 0.15) is 84.0 Å². The molecule has 2 nitrogen and oxygen atoms in total. The van der Waals surface area contributed by atoms with Crippen molar-refractivity contribution >= 4 is 5.97 Å². The second kappa shape index (κ2) is 17.7. The van der Waals surface area contributed by atoms with Crippen LogP contribution in [0.15, 0.2) is 36.5 Å². The third kappa shape index (κ3) is 18.7. The molecule has 0 rings (SSSR count). The number of unbranched alkanes of at least 4 members (excludes halogenated alkanes) is 7. The van der Waals surface area contributed by atoms with E-state index in [9.17, 15) is 4.79 Å². The molecule has 126 valence electrons. The Kier molecular flexibility index (Phi) is 16.7. The topological polar surface area (TPSA) is 37.3 Å². The summed E-state index contributed by atoms with van der Waals surface area (Å²) in [6.45, 7) is 2.24. The molecule has 0 heterocycles. The fourth-order valence-electron chi connectivity index (χ4n) is 2.15. The molecule has 0 aromatic carbocycles. The lowest BCUT2D eigenvalue weighted by Gasteiger charge is -1.94. The Morgan fingerprint density at radius 1 is 0.727 bits per heavy atom. The first-order chi connectivity index (χ1) is 10.8. The van der Waals surface area contributed by atoms with Crippen LogP contribution in [-0.2, 0) is 4.79 Å². The maximum Gasteiger partial charge on any atom is 0.303 e. The van der Waals surface area contributed by atoms with Crippen LogP contribution in [-0.4, -0.2) is 11.1 Å². The number of carboxylic acids is 1. The number of allylic oxidation sites excluding steroid dienone is 6. The lowest BCUT2D eigenvalue weighted by Crippen LogP contribution is -1.92. The number of hydrogen-bond acceptors (Lipinski definition) is 1. The van der Waals surface area contributed by atoms with E-state index in [0.29, 0.717) is 6.42 Å². The van der Waals surface area contributed by atoms with E-state index >= 15 is 0 Å². The second-order valence-corrected chi connectivity index (χ2v) is 5.72. The summed E-state index contributed by atoms with van der Waals surface area (Å²) in [5, 5.41) is 8.51. The van der Waals surface area contributed by atoms with Crippen molar-refractivity contribution in [3.63, 3.8) is 0 Å². The molecule has 0 amide bonds. The minimum absolute atomic E-state index is 0.297. The van der Waals surface area contributed by atoms with Gasteiger partial charge in [0.05, 0.1) is 0 Å². The van der Waals surface area contributed by atoms with Gasteiger partial charge in [-0.3, -0.25) is 4.79 Å². The van der Waals surface area contributed by atoms with Gasteiger partial charge in [-0.05, 0) is 57.8 Å². The molecule has 0 aliphatic heterocycles. The van der Waals surface area contributed by atoms with Crippen molar-refractivity contribution in [3.05, 3.63) is 36.5 Å². The van der Waals surface area contributed by atoms with E-state index in [-0.39, 0.29) is 0 Å². The van der Waals surface area contributed by atoms with Crippen LogP contribution >= 0.6 is 0 Å². The quantitative estimate of drug-likeness (QED) is 0.279. The molecule has 0 aliphatic carbocycles. The van der Waals surface area contributed by atoms with Crippen LogP contribution in [0.3, 0.4) is 0 Å². The summed E-state index contributed by atoms with van der Waals surface area (Å²) in [7, 11) is 0. The lowest BCUT2D eigenvalue weighted by molar-refractivity contribution is -0.137. The van der Waals surface area contributed by atoms with Gasteiger partial charge in [0.25, 0.3) is 0 Å². The Bertz CT molecular complexity index is 327. The zero-order chi connectivity index (χ0) is 16.3. The van der Waals surface area contributed by atoms with Crippen molar-refractivity contribution in [1.82, 2.24) is 0 Å². The van der Waals surface area contributed by atoms with Crippen molar-refractivity contribution in [2.24, 2.45) is 0 Å². The summed E-state index contributed by atoms with van der Waals surface area (Å²) < 4.78 is 0. The summed E-state index contributed by atoms with van der Waals surface area (Å²) in [5.74, 6) is -0.688. The Hall–Kier alpha value is -1.31. The zero-order valence-corrected chi connectivity index (χ0v) is 14.3. The molecule has 0 aromatic heterocycles. The predicted molar refractivity (Wildman–Crippen MR) is 96.1 cm³/mol. The van der Waals surface area contributed by atoms with Gasteiger partial charge in [0.1, 0.15) is 0 Å².